The average Bonchev–Trinajstić information content (AvgIpc) is 2.47. The number of nitrogens with one attached hydrogen (secondary N) is 1. The highest BCUT2D eigenvalue weighted by Crippen LogP contribution is 2.30. The van der Waals surface area contributed by atoms with Crippen molar-refractivity contribution in [1.82, 2.24) is 0 Å². The van der Waals surface area contributed by atoms with Crippen LogP contribution in [0.15, 0.2) is 42.5 Å². The molecule has 2 N–H and O–H groups in total. The number of carbonyl (C=O) groups is 2. The molecule has 0 amide bonds. The van der Waals surface area contributed by atoms with Crippen molar-refractivity contribution in [2.24, 2.45) is 0 Å². The maximum atomic E-state index is 11.6. The number of hydrogen-bond acceptors (Lipinski definition) is 5. The third kappa shape index (κ3) is 3.09. The van der Waals surface area contributed by atoms with Gasteiger partial charge in [0.05, 0.1) is 10.5 Å². The summed E-state index contributed by atoms with van der Waals surface area (Å²) in [6, 6.07) is 9.94. The van der Waals surface area contributed by atoms with Crippen molar-refractivity contribution in [3.63, 3.8) is 0 Å². The highest BCUT2D eigenvalue weighted by atomic mass is 16.6. The molecule has 112 valence electrons. The molecule has 0 aliphatic carbocycles. The van der Waals surface area contributed by atoms with Crippen molar-refractivity contribution in [3.8, 4) is 0 Å². The number of aromatic carboxylic acids is 1. The molecule has 0 saturated heterocycles. The first-order chi connectivity index (χ1) is 10.4. The van der Waals surface area contributed by atoms with Gasteiger partial charge in [0.25, 0.3) is 5.69 Å². The maximum absolute atomic E-state index is 11.6. The normalized spacial score (nSPS) is 10.0. The molecular formula is C15H12N2O5. The van der Waals surface area contributed by atoms with E-state index >= 15 is 0 Å². The molecule has 0 saturated carbocycles. The molecular weight excluding hydrogens is 288 g/mol. The predicted octanol–water partition coefficient (Wildman–Crippen LogP) is 3.24. The number of rotatable bonds is 5. The smallest absolute Gasteiger partial charge is 0.335 e. The van der Waals surface area contributed by atoms with Crippen molar-refractivity contribution in [1.29, 1.82) is 0 Å². The van der Waals surface area contributed by atoms with Gasteiger partial charge in [0.2, 0.25) is 0 Å². The molecule has 0 aromatic heterocycles. The van der Waals surface area contributed by atoms with Crippen LogP contribution in [0.2, 0.25) is 0 Å². The molecule has 0 heterocycles. The van der Waals surface area contributed by atoms with E-state index < -0.39 is 10.9 Å². The molecule has 0 aliphatic heterocycles. The Labute approximate surface area is 125 Å². The van der Waals surface area contributed by atoms with Gasteiger partial charge in [0.15, 0.2) is 5.78 Å². The van der Waals surface area contributed by atoms with Gasteiger partial charge >= 0.3 is 5.97 Å². The van der Waals surface area contributed by atoms with Crippen LogP contribution < -0.4 is 5.32 Å². The number of anilines is 2. The second-order valence-electron chi connectivity index (χ2n) is 4.52. The molecule has 0 unspecified atom stereocenters. The first kappa shape index (κ1) is 15.2. The summed E-state index contributed by atoms with van der Waals surface area (Å²) in [7, 11) is 0. The zero-order valence-corrected chi connectivity index (χ0v) is 11.6. The fourth-order valence-corrected chi connectivity index (χ4v) is 1.97. The highest BCUT2D eigenvalue weighted by Gasteiger charge is 2.18. The molecule has 2 aromatic rings. The van der Waals surface area contributed by atoms with E-state index in [0.29, 0.717) is 11.3 Å². The van der Waals surface area contributed by atoms with Gasteiger partial charge in [0.1, 0.15) is 5.69 Å². The lowest BCUT2D eigenvalue weighted by atomic mass is 10.1. The van der Waals surface area contributed by atoms with Gasteiger partial charge in [-0.25, -0.2) is 4.79 Å². The predicted molar refractivity (Wildman–Crippen MR) is 79.8 cm³/mol. The van der Waals surface area contributed by atoms with Crippen LogP contribution in [-0.4, -0.2) is 21.8 Å². The molecule has 0 spiro atoms. The summed E-state index contributed by atoms with van der Waals surface area (Å²) < 4.78 is 0. The van der Waals surface area contributed by atoms with Crippen molar-refractivity contribution >= 4 is 28.8 Å². The van der Waals surface area contributed by atoms with E-state index in [1.54, 1.807) is 24.3 Å². The molecule has 0 radical (unpaired) electrons. The number of carboxylic acids is 1. The SMILES string of the molecule is CC(=O)c1ccccc1Nc1cc(C(=O)O)ccc1[N+](=O)[O-]. The van der Waals surface area contributed by atoms with E-state index in [4.69, 9.17) is 5.11 Å². The van der Waals surface area contributed by atoms with Crippen molar-refractivity contribution in [3.05, 3.63) is 63.7 Å². The number of nitro benzene ring substituents is 1. The van der Waals surface area contributed by atoms with Gasteiger partial charge in [-0.3, -0.25) is 14.9 Å². The molecule has 0 atom stereocenters. The summed E-state index contributed by atoms with van der Waals surface area (Å²) >= 11 is 0. The molecule has 7 nitrogen and oxygen atoms in total. The van der Waals surface area contributed by atoms with E-state index in [-0.39, 0.29) is 22.7 Å². The lowest BCUT2D eigenvalue weighted by Crippen LogP contribution is -2.04. The largest absolute Gasteiger partial charge is 0.478 e. The first-order valence-electron chi connectivity index (χ1n) is 6.29. The van der Waals surface area contributed by atoms with Gasteiger partial charge in [-0.05, 0) is 31.2 Å². The Hall–Kier alpha value is -3.22. The Balaban J connectivity index is 2.52. The molecule has 7 heteroatoms. The molecule has 2 rings (SSSR count). The Bertz CT molecular complexity index is 770. The molecule has 2 aromatic carbocycles. The minimum absolute atomic E-state index is 0.0126. The summed E-state index contributed by atoms with van der Waals surface area (Å²) in [4.78, 5) is 33.0. The zero-order valence-electron chi connectivity index (χ0n) is 11.6. The highest BCUT2D eigenvalue weighted by molar-refractivity contribution is 6.00. The first-order valence-corrected chi connectivity index (χ1v) is 6.29. The van der Waals surface area contributed by atoms with Crippen molar-refractivity contribution in [2.75, 3.05) is 5.32 Å². The number of carbonyl (C=O) groups excluding carboxylic acids is 1. The van der Waals surface area contributed by atoms with Gasteiger partial charge < -0.3 is 10.4 Å². The fraction of sp³-hybridized carbons (Fsp3) is 0.0667. The quantitative estimate of drug-likeness (QED) is 0.498. The molecule has 0 fully saturated rings. The van der Waals surface area contributed by atoms with E-state index in [9.17, 15) is 19.7 Å². The van der Waals surface area contributed by atoms with E-state index in [1.807, 2.05) is 0 Å². The van der Waals surface area contributed by atoms with Crippen LogP contribution >= 0.6 is 0 Å². The summed E-state index contributed by atoms with van der Waals surface area (Å²) in [6.45, 7) is 1.38. The average molecular weight is 300 g/mol. The second-order valence-corrected chi connectivity index (χ2v) is 4.52. The molecule has 0 aliphatic rings. The number of benzene rings is 2. The topological polar surface area (TPSA) is 110 Å². The van der Waals surface area contributed by atoms with Crippen molar-refractivity contribution < 1.29 is 19.6 Å². The number of nitrogens with zero attached hydrogens (tertiary/aromatic N) is 1. The number of nitro groups is 1. The number of para-hydroxylation sites is 1. The van der Waals surface area contributed by atoms with Crippen molar-refractivity contribution in [2.45, 2.75) is 6.92 Å². The van der Waals surface area contributed by atoms with Gasteiger partial charge in [-0.15, -0.1) is 0 Å². The summed E-state index contributed by atoms with van der Waals surface area (Å²) in [5, 5.41) is 22.8. The third-order valence-electron chi connectivity index (χ3n) is 3.02. The van der Waals surface area contributed by atoms with Crippen LogP contribution in [0.25, 0.3) is 0 Å². The fourth-order valence-electron chi connectivity index (χ4n) is 1.97. The third-order valence-corrected chi connectivity index (χ3v) is 3.02. The summed E-state index contributed by atoms with van der Waals surface area (Å²) in [5.41, 5.74) is 0.383. The lowest BCUT2D eigenvalue weighted by molar-refractivity contribution is -0.383. The Morgan fingerprint density at radius 3 is 2.41 bits per heavy atom. The number of ketones is 1. The minimum Gasteiger partial charge on any atom is -0.478 e. The van der Waals surface area contributed by atoms with E-state index in [1.165, 1.54) is 6.92 Å². The number of Topliss-reactive ketones (excluding diaryl/α,β-unsaturated/α-hetero) is 1. The number of hydrogen-bond donors (Lipinski definition) is 2. The monoisotopic (exact) mass is 300 g/mol. The van der Waals surface area contributed by atoms with Crippen LogP contribution in [0.4, 0.5) is 17.1 Å². The Morgan fingerprint density at radius 1 is 1.14 bits per heavy atom. The standard InChI is InChI=1S/C15H12N2O5/c1-9(18)11-4-2-3-5-12(11)16-13-8-10(15(19)20)6-7-14(13)17(21)22/h2-8,16H,1H3,(H,19,20). The molecule has 22 heavy (non-hydrogen) atoms. The van der Waals surface area contributed by atoms with Crippen LogP contribution in [0.1, 0.15) is 27.6 Å². The van der Waals surface area contributed by atoms with Crippen LogP contribution in [0, 0.1) is 10.1 Å². The van der Waals surface area contributed by atoms with Crippen LogP contribution in [-0.2, 0) is 0 Å². The number of carboxylic acid groups (broad SMARTS) is 1. The van der Waals surface area contributed by atoms with E-state index in [2.05, 4.69) is 5.32 Å². The van der Waals surface area contributed by atoms with Gasteiger partial charge in [0, 0.05) is 17.3 Å². The van der Waals surface area contributed by atoms with Gasteiger partial charge in [-0.1, -0.05) is 12.1 Å². The summed E-state index contributed by atoms with van der Waals surface area (Å²) in [5.74, 6) is -1.40. The Kier molecular flexibility index (Phi) is 4.17. The second kappa shape index (κ2) is 6.04. The lowest BCUT2D eigenvalue weighted by Gasteiger charge is -2.11. The van der Waals surface area contributed by atoms with Crippen LogP contribution in [0.3, 0.4) is 0 Å². The maximum Gasteiger partial charge on any atom is 0.335 e. The summed E-state index contributed by atoms with van der Waals surface area (Å²) in [6.07, 6.45) is 0. The van der Waals surface area contributed by atoms with Crippen LogP contribution in [0.5, 0.6) is 0 Å². The minimum atomic E-state index is -1.20. The molecule has 0 bridgehead atoms. The zero-order chi connectivity index (χ0) is 16.3. The van der Waals surface area contributed by atoms with Gasteiger partial charge in [-0.2, -0.15) is 0 Å². The van der Waals surface area contributed by atoms with E-state index in [0.717, 1.165) is 18.2 Å². The Morgan fingerprint density at radius 2 is 1.82 bits per heavy atom.